The summed E-state index contributed by atoms with van der Waals surface area (Å²) in [5, 5.41) is 3.49. The maximum absolute atomic E-state index is 11.6. The van der Waals surface area contributed by atoms with E-state index in [9.17, 15) is 4.79 Å². The molecule has 1 atom stereocenters. The smallest absolute Gasteiger partial charge is 0.307 e. The maximum atomic E-state index is 11.6. The van der Waals surface area contributed by atoms with Crippen molar-refractivity contribution in [3.05, 3.63) is 17.7 Å². The van der Waals surface area contributed by atoms with Crippen LogP contribution in [0.3, 0.4) is 0 Å². The maximum Gasteiger partial charge on any atom is 0.307 e. The highest BCUT2D eigenvalue weighted by Crippen LogP contribution is 2.38. The number of esters is 1. The number of carbonyl (C=O) groups excluding carboxylic acids is 1. The minimum Gasteiger partial charge on any atom is -0.493 e. The Hall–Kier alpha value is -1.95. The Balaban J connectivity index is 2.09. The van der Waals surface area contributed by atoms with Crippen molar-refractivity contribution in [2.24, 2.45) is 5.92 Å². The number of benzene rings is 1. The molecule has 1 aliphatic rings. The van der Waals surface area contributed by atoms with Gasteiger partial charge in [0, 0.05) is 12.6 Å². The molecule has 24 heavy (non-hydrogen) atoms. The van der Waals surface area contributed by atoms with Crippen LogP contribution in [-0.2, 0) is 16.1 Å². The summed E-state index contributed by atoms with van der Waals surface area (Å²) in [4.78, 5) is 11.6. The standard InChI is InChI=1S/C18H27NO5/c1-21-15-8-12(9-16(22-2)18(15)24-4)11-19-14(10-17(20)23-3)13-6-5-7-13/h8-9,13-14,19H,5-7,10-11H2,1-4H3. The second kappa shape index (κ2) is 8.78. The third-order valence-corrected chi connectivity index (χ3v) is 4.63. The van der Waals surface area contributed by atoms with E-state index in [1.54, 1.807) is 21.3 Å². The number of hydrogen-bond donors (Lipinski definition) is 1. The molecule has 6 heteroatoms. The summed E-state index contributed by atoms with van der Waals surface area (Å²) in [7, 11) is 6.21. The first-order valence-corrected chi connectivity index (χ1v) is 8.22. The molecule has 1 fully saturated rings. The van der Waals surface area contributed by atoms with E-state index in [4.69, 9.17) is 18.9 Å². The van der Waals surface area contributed by atoms with Crippen molar-refractivity contribution in [2.45, 2.75) is 38.3 Å². The summed E-state index contributed by atoms with van der Waals surface area (Å²) in [6, 6.07) is 3.97. The number of rotatable bonds is 9. The molecule has 1 N–H and O–H groups in total. The van der Waals surface area contributed by atoms with Crippen LogP contribution < -0.4 is 19.5 Å². The van der Waals surface area contributed by atoms with Crippen molar-refractivity contribution in [3.8, 4) is 17.2 Å². The quantitative estimate of drug-likeness (QED) is 0.699. The summed E-state index contributed by atoms with van der Waals surface area (Å²) < 4.78 is 20.9. The molecule has 1 aromatic rings. The molecule has 134 valence electrons. The van der Waals surface area contributed by atoms with Gasteiger partial charge < -0.3 is 24.3 Å². The fourth-order valence-electron chi connectivity index (χ4n) is 3.00. The van der Waals surface area contributed by atoms with Gasteiger partial charge in [-0.25, -0.2) is 0 Å². The third kappa shape index (κ3) is 4.32. The number of nitrogens with one attached hydrogen (secondary N) is 1. The summed E-state index contributed by atoms with van der Waals surface area (Å²) in [6.45, 7) is 0.620. The predicted octanol–water partition coefficient (Wildman–Crippen LogP) is 2.53. The topological polar surface area (TPSA) is 66.0 Å². The zero-order valence-electron chi connectivity index (χ0n) is 14.9. The predicted molar refractivity (Wildman–Crippen MR) is 90.7 cm³/mol. The fraction of sp³-hybridized carbons (Fsp3) is 0.611. The zero-order valence-corrected chi connectivity index (χ0v) is 14.9. The molecule has 0 amide bonds. The molecule has 0 saturated heterocycles. The fourth-order valence-corrected chi connectivity index (χ4v) is 3.00. The van der Waals surface area contributed by atoms with Crippen LogP contribution in [0.15, 0.2) is 12.1 Å². The molecule has 1 saturated carbocycles. The van der Waals surface area contributed by atoms with Crippen LogP contribution >= 0.6 is 0 Å². The molecule has 1 aliphatic carbocycles. The molecule has 0 heterocycles. The van der Waals surface area contributed by atoms with Gasteiger partial charge in [0.25, 0.3) is 0 Å². The van der Waals surface area contributed by atoms with Crippen LogP contribution in [0.2, 0.25) is 0 Å². The summed E-state index contributed by atoms with van der Waals surface area (Å²) >= 11 is 0. The van der Waals surface area contributed by atoms with Gasteiger partial charge in [-0.05, 0) is 36.5 Å². The lowest BCUT2D eigenvalue weighted by Gasteiger charge is -2.34. The first kappa shape index (κ1) is 18.4. The normalized spacial score (nSPS) is 15.3. The highest BCUT2D eigenvalue weighted by molar-refractivity contribution is 5.70. The van der Waals surface area contributed by atoms with Crippen LogP contribution in [0.25, 0.3) is 0 Å². The van der Waals surface area contributed by atoms with Crippen molar-refractivity contribution in [1.29, 1.82) is 0 Å². The Morgan fingerprint density at radius 2 is 1.75 bits per heavy atom. The molecular weight excluding hydrogens is 310 g/mol. The molecule has 1 aromatic carbocycles. The Kier molecular flexibility index (Phi) is 6.73. The molecule has 0 aromatic heterocycles. The number of ether oxygens (including phenoxy) is 4. The van der Waals surface area contributed by atoms with Crippen LogP contribution in [-0.4, -0.2) is 40.5 Å². The van der Waals surface area contributed by atoms with Gasteiger partial charge >= 0.3 is 5.97 Å². The van der Waals surface area contributed by atoms with Gasteiger partial charge in [-0.3, -0.25) is 4.79 Å². The van der Waals surface area contributed by atoms with Gasteiger partial charge in [-0.15, -0.1) is 0 Å². The Labute approximate surface area is 143 Å². The van der Waals surface area contributed by atoms with Crippen molar-refractivity contribution >= 4 is 5.97 Å². The lowest BCUT2D eigenvalue weighted by Crippen LogP contribution is -2.41. The van der Waals surface area contributed by atoms with E-state index in [1.807, 2.05) is 12.1 Å². The van der Waals surface area contributed by atoms with E-state index < -0.39 is 0 Å². The first-order valence-electron chi connectivity index (χ1n) is 8.22. The van der Waals surface area contributed by atoms with Crippen molar-refractivity contribution < 1.29 is 23.7 Å². The van der Waals surface area contributed by atoms with Gasteiger partial charge in [0.2, 0.25) is 5.75 Å². The van der Waals surface area contributed by atoms with Gasteiger partial charge in [0.1, 0.15) is 0 Å². The Morgan fingerprint density at radius 1 is 1.12 bits per heavy atom. The van der Waals surface area contributed by atoms with E-state index in [2.05, 4.69) is 5.32 Å². The summed E-state index contributed by atoms with van der Waals surface area (Å²) in [6.07, 6.45) is 3.94. The third-order valence-electron chi connectivity index (χ3n) is 4.63. The summed E-state index contributed by atoms with van der Waals surface area (Å²) in [5.74, 6) is 2.19. The Bertz CT molecular complexity index is 531. The van der Waals surface area contributed by atoms with Gasteiger partial charge in [0.05, 0.1) is 34.9 Å². The van der Waals surface area contributed by atoms with Gasteiger partial charge in [-0.2, -0.15) is 0 Å². The van der Waals surface area contributed by atoms with Crippen molar-refractivity contribution in [3.63, 3.8) is 0 Å². The SMILES string of the molecule is COC(=O)CC(NCc1cc(OC)c(OC)c(OC)c1)C1CCC1. The van der Waals surface area contributed by atoms with E-state index >= 15 is 0 Å². The number of carbonyl (C=O) groups is 1. The van der Waals surface area contributed by atoms with E-state index in [0.29, 0.717) is 36.1 Å². The lowest BCUT2D eigenvalue weighted by atomic mass is 9.78. The summed E-state index contributed by atoms with van der Waals surface area (Å²) in [5.41, 5.74) is 1.01. The van der Waals surface area contributed by atoms with Crippen molar-refractivity contribution in [2.75, 3.05) is 28.4 Å². The molecule has 0 bridgehead atoms. The minimum absolute atomic E-state index is 0.130. The van der Waals surface area contributed by atoms with E-state index in [-0.39, 0.29) is 12.0 Å². The van der Waals surface area contributed by atoms with Crippen LogP contribution in [0.5, 0.6) is 17.2 Å². The monoisotopic (exact) mass is 337 g/mol. The van der Waals surface area contributed by atoms with E-state index in [1.165, 1.54) is 13.5 Å². The molecule has 0 spiro atoms. The van der Waals surface area contributed by atoms with E-state index in [0.717, 1.165) is 18.4 Å². The molecular formula is C18H27NO5. The zero-order chi connectivity index (χ0) is 17.5. The lowest BCUT2D eigenvalue weighted by molar-refractivity contribution is -0.141. The van der Waals surface area contributed by atoms with Crippen LogP contribution in [0, 0.1) is 5.92 Å². The van der Waals surface area contributed by atoms with Gasteiger partial charge in [-0.1, -0.05) is 6.42 Å². The highest BCUT2D eigenvalue weighted by Gasteiger charge is 2.29. The Morgan fingerprint density at radius 3 is 2.17 bits per heavy atom. The minimum atomic E-state index is -0.177. The van der Waals surface area contributed by atoms with Crippen molar-refractivity contribution in [1.82, 2.24) is 5.32 Å². The van der Waals surface area contributed by atoms with Crippen LogP contribution in [0.4, 0.5) is 0 Å². The molecule has 1 unspecified atom stereocenters. The second-order valence-corrected chi connectivity index (χ2v) is 5.99. The molecule has 6 nitrogen and oxygen atoms in total. The molecule has 0 aliphatic heterocycles. The average molecular weight is 337 g/mol. The number of methoxy groups -OCH3 is 4. The largest absolute Gasteiger partial charge is 0.493 e. The molecule has 0 radical (unpaired) electrons. The highest BCUT2D eigenvalue weighted by atomic mass is 16.5. The average Bonchev–Trinajstić information content (AvgIpc) is 2.56. The molecule has 2 rings (SSSR count). The second-order valence-electron chi connectivity index (χ2n) is 5.99. The first-order chi connectivity index (χ1) is 11.6. The van der Waals surface area contributed by atoms with Gasteiger partial charge in [0.15, 0.2) is 11.5 Å². The van der Waals surface area contributed by atoms with Crippen LogP contribution in [0.1, 0.15) is 31.2 Å². The number of hydrogen-bond acceptors (Lipinski definition) is 6.